The molecule has 0 aromatic heterocycles. The first-order valence-corrected chi connectivity index (χ1v) is 6.98. The van der Waals surface area contributed by atoms with Gasteiger partial charge in [0.15, 0.2) is 0 Å². The summed E-state index contributed by atoms with van der Waals surface area (Å²) >= 11 is 9.55. The molecule has 2 heteroatoms. The normalized spacial score (nSPS) is 13.8. The standard InChI is InChI=1S/C15H12BrCl/c16-15-9-13(17)6-7-14(15)12-5-4-10-2-1-3-11(10)8-12/h4-9H,1-3H2. The molecule has 0 aliphatic heterocycles. The average Bonchev–Trinajstić information content (AvgIpc) is 2.75. The van der Waals surface area contributed by atoms with Crippen molar-refractivity contribution in [2.45, 2.75) is 19.3 Å². The molecule has 0 heterocycles. The highest BCUT2D eigenvalue weighted by Crippen LogP contribution is 2.33. The zero-order valence-electron chi connectivity index (χ0n) is 9.34. The summed E-state index contributed by atoms with van der Waals surface area (Å²) in [6.07, 6.45) is 3.74. The number of fused-ring (bicyclic) bond motifs is 1. The van der Waals surface area contributed by atoms with Crippen LogP contribution in [0.5, 0.6) is 0 Å². The van der Waals surface area contributed by atoms with E-state index in [1.807, 2.05) is 12.1 Å². The SMILES string of the molecule is Clc1ccc(-c2ccc3c(c2)CCC3)c(Br)c1. The molecule has 0 bridgehead atoms. The molecule has 3 rings (SSSR count). The number of benzene rings is 2. The maximum absolute atomic E-state index is 5.97. The molecule has 0 saturated carbocycles. The van der Waals surface area contributed by atoms with Crippen LogP contribution in [0.4, 0.5) is 0 Å². The van der Waals surface area contributed by atoms with E-state index in [9.17, 15) is 0 Å². The summed E-state index contributed by atoms with van der Waals surface area (Å²) in [5.74, 6) is 0. The third-order valence-electron chi connectivity index (χ3n) is 3.34. The van der Waals surface area contributed by atoms with Gasteiger partial charge < -0.3 is 0 Å². The molecule has 1 aliphatic rings. The van der Waals surface area contributed by atoms with E-state index in [-0.39, 0.29) is 0 Å². The number of halogens is 2. The van der Waals surface area contributed by atoms with E-state index in [4.69, 9.17) is 11.6 Å². The van der Waals surface area contributed by atoms with Crippen molar-refractivity contribution in [2.24, 2.45) is 0 Å². The lowest BCUT2D eigenvalue weighted by Gasteiger charge is -2.07. The van der Waals surface area contributed by atoms with E-state index in [1.165, 1.54) is 41.5 Å². The zero-order chi connectivity index (χ0) is 11.8. The van der Waals surface area contributed by atoms with Crippen LogP contribution >= 0.6 is 27.5 Å². The largest absolute Gasteiger partial charge is 0.0843 e. The van der Waals surface area contributed by atoms with Gasteiger partial charge in [-0.25, -0.2) is 0 Å². The van der Waals surface area contributed by atoms with Crippen molar-refractivity contribution in [1.29, 1.82) is 0 Å². The molecule has 17 heavy (non-hydrogen) atoms. The van der Waals surface area contributed by atoms with Crippen LogP contribution in [0.3, 0.4) is 0 Å². The van der Waals surface area contributed by atoms with E-state index >= 15 is 0 Å². The summed E-state index contributed by atoms with van der Waals surface area (Å²) in [4.78, 5) is 0. The Morgan fingerprint density at radius 1 is 0.941 bits per heavy atom. The van der Waals surface area contributed by atoms with Crippen molar-refractivity contribution in [2.75, 3.05) is 0 Å². The Labute approximate surface area is 115 Å². The van der Waals surface area contributed by atoms with Gasteiger partial charge in [0.05, 0.1) is 0 Å². The van der Waals surface area contributed by atoms with Gasteiger partial charge in [-0.15, -0.1) is 0 Å². The second-order valence-corrected chi connectivity index (χ2v) is 5.75. The van der Waals surface area contributed by atoms with Crippen LogP contribution in [0, 0.1) is 0 Å². The first kappa shape index (κ1) is 11.3. The summed E-state index contributed by atoms with van der Waals surface area (Å²) in [5.41, 5.74) is 5.50. The maximum Gasteiger partial charge on any atom is 0.0417 e. The van der Waals surface area contributed by atoms with E-state index < -0.39 is 0 Å². The van der Waals surface area contributed by atoms with Crippen molar-refractivity contribution >= 4 is 27.5 Å². The van der Waals surface area contributed by atoms with E-state index in [0.717, 1.165) is 9.50 Å². The first-order chi connectivity index (χ1) is 8.24. The number of hydrogen-bond acceptors (Lipinski definition) is 0. The van der Waals surface area contributed by atoms with Crippen LogP contribution < -0.4 is 0 Å². The fourth-order valence-corrected chi connectivity index (χ4v) is 3.37. The van der Waals surface area contributed by atoms with Crippen LogP contribution in [0.1, 0.15) is 17.5 Å². The summed E-state index contributed by atoms with van der Waals surface area (Å²) in [5, 5.41) is 0.766. The topological polar surface area (TPSA) is 0 Å². The molecule has 0 unspecified atom stereocenters. The van der Waals surface area contributed by atoms with Crippen LogP contribution in [0.25, 0.3) is 11.1 Å². The maximum atomic E-state index is 5.97. The van der Waals surface area contributed by atoms with Crippen molar-refractivity contribution < 1.29 is 0 Å². The number of aryl methyl sites for hydroxylation is 2. The predicted octanol–water partition coefficient (Wildman–Crippen LogP) is 5.26. The Morgan fingerprint density at radius 3 is 2.59 bits per heavy atom. The minimum absolute atomic E-state index is 0.766. The highest BCUT2D eigenvalue weighted by molar-refractivity contribution is 9.10. The van der Waals surface area contributed by atoms with Gasteiger partial charge in [0.2, 0.25) is 0 Å². The van der Waals surface area contributed by atoms with E-state index in [1.54, 1.807) is 0 Å². The second-order valence-electron chi connectivity index (χ2n) is 4.46. The van der Waals surface area contributed by atoms with Gasteiger partial charge in [-0.1, -0.05) is 51.8 Å². The van der Waals surface area contributed by atoms with Gasteiger partial charge in [-0.05, 0) is 53.6 Å². The quantitative estimate of drug-likeness (QED) is 0.674. The molecule has 0 saturated heterocycles. The minimum atomic E-state index is 0.766. The smallest absolute Gasteiger partial charge is 0.0417 e. The Balaban J connectivity index is 2.09. The lowest BCUT2D eigenvalue weighted by atomic mass is 10.0. The van der Waals surface area contributed by atoms with E-state index in [2.05, 4.69) is 40.2 Å². The van der Waals surface area contributed by atoms with Gasteiger partial charge in [-0.3, -0.25) is 0 Å². The number of hydrogen-bond donors (Lipinski definition) is 0. The molecule has 0 N–H and O–H groups in total. The molecule has 0 nitrogen and oxygen atoms in total. The third-order valence-corrected chi connectivity index (χ3v) is 4.23. The van der Waals surface area contributed by atoms with Gasteiger partial charge in [0.25, 0.3) is 0 Å². The lowest BCUT2D eigenvalue weighted by molar-refractivity contribution is 0.912. The summed E-state index contributed by atoms with van der Waals surface area (Å²) in [7, 11) is 0. The lowest BCUT2D eigenvalue weighted by Crippen LogP contribution is -1.85. The van der Waals surface area contributed by atoms with Crippen molar-refractivity contribution in [3.63, 3.8) is 0 Å². The van der Waals surface area contributed by atoms with E-state index in [0.29, 0.717) is 0 Å². The molecule has 0 fully saturated rings. The Hall–Kier alpha value is -0.790. The molecule has 0 amide bonds. The highest BCUT2D eigenvalue weighted by Gasteiger charge is 2.12. The zero-order valence-corrected chi connectivity index (χ0v) is 11.7. The molecule has 1 aliphatic carbocycles. The first-order valence-electron chi connectivity index (χ1n) is 5.81. The Kier molecular flexibility index (Phi) is 2.97. The Bertz CT molecular complexity index is 575. The van der Waals surface area contributed by atoms with Crippen LogP contribution in [-0.4, -0.2) is 0 Å². The molecule has 0 atom stereocenters. The fourth-order valence-electron chi connectivity index (χ4n) is 2.46. The average molecular weight is 308 g/mol. The minimum Gasteiger partial charge on any atom is -0.0843 e. The molecule has 86 valence electrons. The number of rotatable bonds is 1. The summed E-state index contributed by atoms with van der Waals surface area (Å²) in [6, 6.07) is 12.7. The monoisotopic (exact) mass is 306 g/mol. The van der Waals surface area contributed by atoms with Crippen LogP contribution in [0.2, 0.25) is 5.02 Å². The summed E-state index contributed by atoms with van der Waals surface area (Å²) < 4.78 is 1.06. The van der Waals surface area contributed by atoms with Gasteiger partial charge in [0, 0.05) is 9.50 Å². The predicted molar refractivity (Wildman–Crippen MR) is 76.6 cm³/mol. The van der Waals surface area contributed by atoms with Crippen molar-refractivity contribution in [3.05, 3.63) is 57.0 Å². The summed E-state index contributed by atoms with van der Waals surface area (Å²) in [6.45, 7) is 0. The van der Waals surface area contributed by atoms with Gasteiger partial charge >= 0.3 is 0 Å². The van der Waals surface area contributed by atoms with Crippen molar-refractivity contribution in [3.8, 4) is 11.1 Å². The molecular weight excluding hydrogens is 296 g/mol. The fraction of sp³-hybridized carbons (Fsp3) is 0.200. The van der Waals surface area contributed by atoms with Gasteiger partial charge in [0.1, 0.15) is 0 Å². The van der Waals surface area contributed by atoms with Gasteiger partial charge in [-0.2, -0.15) is 0 Å². The van der Waals surface area contributed by atoms with Crippen LogP contribution in [0.15, 0.2) is 40.9 Å². The second kappa shape index (κ2) is 4.47. The van der Waals surface area contributed by atoms with Crippen LogP contribution in [-0.2, 0) is 12.8 Å². The molecule has 0 spiro atoms. The molecule has 2 aromatic carbocycles. The molecule has 0 radical (unpaired) electrons. The molecular formula is C15H12BrCl. The molecule has 2 aromatic rings. The van der Waals surface area contributed by atoms with Crippen molar-refractivity contribution in [1.82, 2.24) is 0 Å². The third kappa shape index (κ3) is 2.14. The Morgan fingerprint density at radius 2 is 1.76 bits per heavy atom. The highest BCUT2D eigenvalue weighted by atomic mass is 79.9.